The number of ether oxygens (including phenoxy) is 1. The average molecular weight is 162 g/mol. The van der Waals surface area contributed by atoms with Gasteiger partial charge in [0.25, 0.3) is 0 Å². The molecule has 0 spiro atoms. The van der Waals surface area contributed by atoms with E-state index in [0.29, 0.717) is 6.42 Å². The lowest BCUT2D eigenvalue weighted by atomic mass is 9.99. The summed E-state index contributed by atoms with van der Waals surface area (Å²) in [4.78, 5) is 0. The zero-order valence-electron chi connectivity index (χ0n) is 6.47. The fourth-order valence-corrected chi connectivity index (χ4v) is 1.31. The molecule has 4 atom stereocenters. The highest BCUT2D eigenvalue weighted by Crippen LogP contribution is 2.19. The molecule has 1 aliphatic heterocycles. The molecular weight excluding hydrogens is 148 g/mol. The van der Waals surface area contributed by atoms with E-state index in [1.165, 1.54) is 0 Å². The van der Waals surface area contributed by atoms with Crippen molar-refractivity contribution in [2.24, 2.45) is 0 Å². The maximum absolute atomic E-state index is 9.22. The first-order valence-electron chi connectivity index (χ1n) is 3.77. The Balaban J connectivity index is 2.51. The standard InChI is InChI=1S/C7H14O4/c1-4-2-5(9)7(10)6(3-8)11-4/h4-10H,2-3H2,1H3/t4?,5?,6-,7?/m1/s1. The van der Waals surface area contributed by atoms with Gasteiger partial charge in [-0.2, -0.15) is 0 Å². The van der Waals surface area contributed by atoms with Gasteiger partial charge in [0.1, 0.15) is 12.2 Å². The number of hydrogen-bond acceptors (Lipinski definition) is 4. The van der Waals surface area contributed by atoms with E-state index in [1.807, 2.05) is 0 Å². The molecule has 0 aromatic rings. The summed E-state index contributed by atoms with van der Waals surface area (Å²) in [7, 11) is 0. The van der Waals surface area contributed by atoms with E-state index in [9.17, 15) is 10.2 Å². The molecule has 1 fully saturated rings. The van der Waals surface area contributed by atoms with Gasteiger partial charge in [-0.1, -0.05) is 0 Å². The lowest BCUT2D eigenvalue weighted by Crippen LogP contribution is -2.49. The Hall–Kier alpha value is -0.160. The summed E-state index contributed by atoms with van der Waals surface area (Å²) in [6.07, 6.45) is -2.01. The summed E-state index contributed by atoms with van der Waals surface area (Å²) in [5.41, 5.74) is 0. The molecule has 0 saturated carbocycles. The fraction of sp³-hybridized carbons (Fsp3) is 1.00. The summed E-state index contributed by atoms with van der Waals surface area (Å²) in [6.45, 7) is 1.56. The topological polar surface area (TPSA) is 69.9 Å². The minimum atomic E-state index is -0.948. The molecule has 4 nitrogen and oxygen atoms in total. The van der Waals surface area contributed by atoms with Gasteiger partial charge in [-0.15, -0.1) is 0 Å². The Morgan fingerprint density at radius 1 is 1.45 bits per heavy atom. The van der Waals surface area contributed by atoms with Crippen molar-refractivity contribution < 1.29 is 20.1 Å². The number of hydrogen-bond donors (Lipinski definition) is 3. The number of rotatable bonds is 1. The average Bonchev–Trinajstić information content (AvgIpc) is 1.96. The van der Waals surface area contributed by atoms with Crippen molar-refractivity contribution in [3.05, 3.63) is 0 Å². The molecule has 4 heteroatoms. The molecule has 1 rings (SSSR count). The van der Waals surface area contributed by atoms with E-state index < -0.39 is 18.3 Å². The Bertz CT molecular complexity index is 128. The van der Waals surface area contributed by atoms with E-state index in [4.69, 9.17) is 9.84 Å². The molecule has 0 aromatic heterocycles. The van der Waals surface area contributed by atoms with Crippen LogP contribution in [0, 0.1) is 0 Å². The molecule has 1 heterocycles. The quantitative estimate of drug-likeness (QED) is 0.456. The van der Waals surface area contributed by atoms with Crippen LogP contribution in [-0.4, -0.2) is 46.3 Å². The second kappa shape index (κ2) is 3.49. The molecule has 0 aliphatic carbocycles. The maximum atomic E-state index is 9.22. The third-order valence-corrected chi connectivity index (χ3v) is 1.94. The molecule has 1 aliphatic rings. The molecular formula is C7H14O4. The van der Waals surface area contributed by atoms with Gasteiger partial charge < -0.3 is 20.1 Å². The van der Waals surface area contributed by atoms with Gasteiger partial charge in [0.15, 0.2) is 0 Å². The van der Waals surface area contributed by atoms with Gasteiger partial charge in [-0.3, -0.25) is 0 Å². The SMILES string of the molecule is CC1CC(O)C(O)[C@@H](CO)O1. The molecule has 3 unspecified atom stereocenters. The molecule has 0 bridgehead atoms. The first kappa shape index (κ1) is 8.93. The van der Waals surface area contributed by atoms with Crippen molar-refractivity contribution in [2.75, 3.05) is 6.61 Å². The van der Waals surface area contributed by atoms with Gasteiger partial charge in [0.05, 0.1) is 18.8 Å². The second-order valence-corrected chi connectivity index (χ2v) is 2.96. The van der Waals surface area contributed by atoms with E-state index in [1.54, 1.807) is 6.92 Å². The van der Waals surface area contributed by atoms with Gasteiger partial charge in [-0.05, 0) is 6.92 Å². The van der Waals surface area contributed by atoms with E-state index in [2.05, 4.69) is 0 Å². The summed E-state index contributed by atoms with van der Waals surface area (Å²) < 4.78 is 5.16. The highest BCUT2D eigenvalue weighted by atomic mass is 16.5. The minimum Gasteiger partial charge on any atom is -0.394 e. The largest absolute Gasteiger partial charge is 0.394 e. The minimum absolute atomic E-state index is 0.0921. The Kier molecular flexibility index (Phi) is 2.84. The third kappa shape index (κ3) is 1.90. The third-order valence-electron chi connectivity index (χ3n) is 1.94. The van der Waals surface area contributed by atoms with Crippen LogP contribution in [0.1, 0.15) is 13.3 Å². The summed E-state index contributed by atoms with van der Waals surface area (Å²) in [5, 5.41) is 27.1. The van der Waals surface area contributed by atoms with E-state index in [-0.39, 0.29) is 12.7 Å². The highest BCUT2D eigenvalue weighted by Gasteiger charge is 2.34. The first-order valence-corrected chi connectivity index (χ1v) is 3.77. The van der Waals surface area contributed by atoms with Crippen molar-refractivity contribution in [1.82, 2.24) is 0 Å². The molecule has 0 radical (unpaired) electrons. The number of aliphatic hydroxyl groups is 3. The predicted octanol–water partition coefficient (Wildman–Crippen LogP) is -1.12. The van der Waals surface area contributed by atoms with Crippen LogP contribution in [0.25, 0.3) is 0 Å². The van der Waals surface area contributed by atoms with Crippen LogP contribution in [0.2, 0.25) is 0 Å². The van der Waals surface area contributed by atoms with Crippen LogP contribution in [0.3, 0.4) is 0 Å². The zero-order valence-corrected chi connectivity index (χ0v) is 6.47. The smallest absolute Gasteiger partial charge is 0.109 e. The second-order valence-electron chi connectivity index (χ2n) is 2.96. The molecule has 0 amide bonds. The predicted molar refractivity (Wildman–Crippen MR) is 38.1 cm³/mol. The van der Waals surface area contributed by atoms with Crippen molar-refractivity contribution in [3.8, 4) is 0 Å². The fourth-order valence-electron chi connectivity index (χ4n) is 1.31. The van der Waals surface area contributed by atoms with Crippen molar-refractivity contribution >= 4 is 0 Å². The Labute approximate surface area is 65.4 Å². The van der Waals surface area contributed by atoms with E-state index >= 15 is 0 Å². The molecule has 1 saturated heterocycles. The van der Waals surface area contributed by atoms with Crippen molar-refractivity contribution in [2.45, 2.75) is 37.8 Å². The normalized spacial score (nSPS) is 45.8. The zero-order chi connectivity index (χ0) is 8.43. The van der Waals surface area contributed by atoms with Gasteiger partial charge in [0.2, 0.25) is 0 Å². The summed E-state index contributed by atoms with van der Waals surface area (Å²) in [5.74, 6) is 0. The monoisotopic (exact) mass is 162 g/mol. The van der Waals surface area contributed by atoms with Gasteiger partial charge in [-0.25, -0.2) is 0 Å². The molecule has 66 valence electrons. The Morgan fingerprint density at radius 2 is 2.09 bits per heavy atom. The summed E-state index contributed by atoms with van der Waals surface area (Å²) >= 11 is 0. The molecule has 3 N–H and O–H groups in total. The van der Waals surface area contributed by atoms with Crippen LogP contribution in [0.5, 0.6) is 0 Å². The Morgan fingerprint density at radius 3 is 2.64 bits per heavy atom. The maximum Gasteiger partial charge on any atom is 0.109 e. The number of aliphatic hydroxyl groups excluding tert-OH is 3. The lowest BCUT2D eigenvalue weighted by molar-refractivity contribution is -0.174. The van der Waals surface area contributed by atoms with Crippen LogP contribution in [0.15, 0.2) is 0 Å². The van der Waals surface area contributed by atoms with Crippen LogP contribution < -0.4 is 0 Å². The van der Waals surface area contributed by atoms with E-state index in [0.717, 1.165) is 0 Å². The van der Waals surface area contributed by atoms with Gasteiger partial charge in [0, 0.05) is 6.42 Å². The highest BCUT2D eigenvalue weighted by molar-refractivity contribution is 4.83. The van der Waals surface area contributed by atoms with Crippen LogP contribution in [0.4, 0.5) is 0 Å². The summed E-state index contributed by atoms with van der Waals surface area (Å²) in [6, 6.07) is 0. The van der Waals surface area contributed by atoms with Gasteiger partial charge >= 0.3 is 0 Å². The van der Waals surface area contributed by atoms with Crippen LogP contribution >= 0.6 is 0 Å². The first-order chi connectivity index (χ1) is 5.15. The molecule has 0 aromatic carbocycles. The molecule has 11 heavy (non-hydrogen) atoms. The van der Waals surface area contributed by atoms with Crippen LogP contribution in [-0.2, 0) is 4.74 Å². The van der Waals surface area contributed by atoms with Crippen molar-refractivity contribution in [3.63, 3.8) is 0 Å². The van der Waals surface area contributed by atoms with Crippen molar-refractivity contribution in [1.29, 1.82) is 0 Å². The lowest BCUT2D eigenvalue weighted by Gasteiger charge is -2.34.